The number of pyridine rings is 1. The first-order chi connectivity index (χ1) is 12.2. The first-order valence-corrected chi connectivity index (χ1v) is 7.90. The van der Waals surface area contributed by atoms with Gasteiger partial charge in [0.1, 0.15) is 23.9 Å². The molecule has 0 aliphatic heterocycles. The SMILES string of the molecule is Cc1nccc(C(=O)NCc2cccc(OCc3ccccn3)c2)n1. The van der Waals surface area contributed by atoms with Crippen LogP contribution in [0.2, 0.25) is 0 Å². The van der Waals surface area contributed by atoms with E-state index in [1.807, 2.05) is 42.5 Å². The minimum absolute atomic E-state index is 0.231. The molecule has 2 heterocycles. The van der Waals surface area contributed by atoms with Crippen LogP contribution in [0.4, 0.5) is 0 Å². The number of hydrogen-bond donors (Lipinski definition) is 1. The molecule has 2 aromatic heterocycles. The van der Waals surface area contributed by atoms with Gasteiger partial charge in [-0.25, -0.2) is 9.97 Å². The van der Waals surface area contributed by atoms with Crippen LogP contribution in [0.3, 0.4) is 0 Å². The highest BCUT2D eigenvalue weighted by atomic mass is 16.5. The van der Waals surface area contributed by atoms with Crippen molar-refractivity contribution in [3.8, 4) is 5.75 Å². The molecule has 0 fully saturated rings. The van der Waals surface area contributed by atoms with Crippen molar-refractivity contribution in [2.75, 3.05) is 0 Å². The number of benzene rings is 1. The maximum atomic E-state index is 12.1. The van der Waals surface area contributed by atoms with E-state index in [4.69, 9.17) is 4.74 Å². The van der Waals surface area contributed by atoms with E-state index in [2.05, 4.69) is 20.3 Å². The van der Waals surface area contributed by atoms with Crippen LogP contribution in [-0.2, 0) is 13.2 Å². The molecule has 25 heavy (non-hydrogen) atoms. The van der Waals surface area contributed by atoms with Crippen molar-refractivity contribution in [3.05, 3.63) is 83.7 Å². The topological polar surface area (TPSA) is 77.0 Å². The average molecular weight is 334 g/mol. The van der Waals surface area contributed by atoms with Crippen LogP contribution in [-0.4, -0.2) is 20.9 Å². The summed E-state index contributed by atoms with van der Waals surface area (Å²) in [5.41, 5.74) is 2.16. The third-order valence-electron chi connectivity index (χ3n) is 3.47. The van der Waals surface area contributed by atoms with Gasteiger partial charge in [-0.05, 0) is 42.8 Å². The summed E-state index contributed by atoms with van der Waals surface area (Å²) in [5.74, 6) is 1.07. The first-order valence-electron chi connectivity index (χ1n) is 7.90. The fourth-order valence-corrected chi connectivity index (χ4v) is 2.24. The minimum atomic E-state index is -0.231. The molecule has 126 valence electrons. The molecule has 0 aliphatic carbocycles. The zero-order valence-electron chi connectivity index (χ0n) is 13.8. The van der Waals surface area contributed by atoms with E-state index in [-0.39, 0.29) is 5.91 Å². The molecule has 0 aliphatic rings. The van der Waals surface area contributed by atoms with E-state index in [9.17, 15) is 4.79 Å². The first kappa shape index (κ1) is 16.6. The third-order valence-corrected chi connectivity index (χ3v) is 3.47. The van der Waals surface area contributed by atoms with Gasteiger partial charge in [0, 0.05) is 18.9 Å². The van der Waals surface area contributed by atoms with Gasteiger partial charge in [0.25, 0.3) is 5.91 Å². The molecule has 0 atom stereocenters. The number of carbonyl (C=O) groups excluding carboxylic acids is 1. The fourth-order valence-electron chi connectivity index (χ4n) is 2.24. The summed E-state index contributed by atoms with van der Waals surface area (Å²) in [6.07, 6.45) is 3.31. The second-order valence-corrected chi connectivity index (χ2v) is 5.43. The Labute approximate surface area is 145 Å². The van der Waals surface area contributed by atoms with Crippen LogP contribution in [0.1, 0.15) is 27.6 Å². The lowest BCUT2D eigenvalue weighted by Gasteiger charge is -2.09. The molecule has 0 bridgehead atoms. The Balaban J connectivity index is 1.57. The Morgan fingerprint density at radius 3 is 2.80 bits per heavy atom. The molecule has 3 rings (SSSR count). The number of aromatic nitrogens is 3. The third kappa shape index (κ3) is 4.84. The van der Waals surface area contributed by atoms with Crippen LogP contribution in [0.5, 0.6) is 5.75 Å². The maximum Gasteiger partial charge on any atom is 0.270 e. The number of hydrogen-bond acceptors (Lipinski definition) is 5. The Hall–Kier alpha value is -3.28. The van der Waals surface area contributed by atoms with Crippen molar-refractivity contribution in [2.24, 2.45) is 0 Å². The van der Waals surface area contributed by atoms with Crippen LogP contribution >= 0.6 is 0 Å². The highest BCUT2D eigenvalue weighted by Gasteiger charge is 2.07. The Morgan fingerprint density at radius 2 is 2.00 bits per heavy atom. The maximum absolute atomic E-state index is 12.1. The van der Waals surface area contributed by atoms with Gasteiger partial charge >= 0.3 is 0 Å². The number of carbonyl (C=O) groups is 1. The lowest BCUT2D eigenvalue weighted by Crippen LogP contribution is -2.24. The average Bonchev–Trinajstić information content (AvgIpc) is 2.66. The van der Waals surface area contributed by atoms with Gasteiger partial charge < -0.3 is 10.1 Å². The van der Waals surface area contributed by atoms with E-state index >= 15 is 0 Å². The summed E-state index contributed by atoms with van der Waals surface area (Å²) in [6, 6.07) is 14.9. The smallest absolute Gasteiger partial charge is 0.270 e. The number of rotatable bonds is 6. The van der Waals surface area contributed by atoms with E-state index in [1.165, 1.54) is 0 Å². The van der Waals surface area contributed by atoms with Gasteiger partial charge in [0.2, 0.25) is 0 Å². The highest BCUT2D eigenvalue weighted by molar-refractivity contribution is 5.92. The lowest BCUT2D eigenvalue weighted by molar-refractivity contribution is 0.0945. The normalized spacial score (nSPS) is 10.3. The van der Waals surface area contributed by atoms with Crippen molar-refractivity contribution < 1.29 is 9.53 Å². The minimum Gasteiger partial charge on any atom is -0.487 e. The van der Waals surface area contributed by atoms with Gasteiger partial charge in [-0.15, -0.1) is 0 Å². The molecule has 6 heteroatoms. The highest BCUT2D eigenvalue weighted by Crippen LogP contribution is 2.14. The second kappa shape index (κ2) is 8.01. The Morgan fingerprint density at radius 1 is 1.08 bits per heavy atom. The second-order valence-electron chi connectivity index (χ2n) is 5.43. The van der Waals surface area contributed by atoms with Gasteiger partial charge in [-0.2, -0.15) is 0 Å². The van der Waals surface area contributed by atoms with E-state index in [0.717, 1.165) is 17.0 Å². The quantitative estimate of drug-likeness (QED) is 0.750. The van der Waals surface area contributed by atoms with Gasteiger partial charge in [0.15, 0.2) is 0 Å². The van der Waals surface area contributed by atoms with Crippen molar-refractivity contribution in [3.63, 3.8) is 0 Å². The molecule has 0 unspecified atom stereocenters. The summed E-state index contributed by atoms with van der Waals surface area (Å²) in [4.78, 5) is 24.4. The number of amides is 1. The zero-order valence-corrected chi connectivity index (χ0v) is 13.8. The monoisotopic (exact) mass is 334 g/mol. The van der Waals surface area contributed by atoms with Crippen molar-refractivity contribution in [1.29, 1.82) is 0 Å². The zero-order chi connectivity index (χ0) is 17.5. The number of nitrogens with zero attached hydrogens (tertiary/aromatic N) is 3. The summed E-state index contributed by atoms with van der Waals surface area (Å²) in [6.45, 7) is 2.54. The van der Waals surface area contributed by atoms with Crippen LogP contribution < -0.4 is 10.1 Å². The van der Waals surface area contributed by atoms with Gasteiger partial charge in [-0.1, -0.05) is 18.2 Å². The molecule has 0 spiro atoms. The van der Waals surface area contributed by atoms with Gasteiger partial charge in [-0.3, -0.25) is 9.78 Å². The predicted molar refractivity (Wildman–Crippen MR) is 93.0 cm³/mol. The Kier molecular flexibility index (Phi) is 5.31. The molecule has 1 amide bonds. The number of nitrogens with one attached hydrogen (secondary N) is 1. The van der Waals surface area contributed by atoms with E-state index in [1.54, 1.807) is 25.4 Å². The number of ether oxygens (including phenoxy) is 1. The van der Waals surface area contributed by atoms with E-state index in [0.29, 0.717) is 24.7 Å². The summed E-state index contributed by atoms with van der Waals surface area (Å²) < 4.78 is 5.74. The van der Waals surface area contributed by atoms with Crippen LogP contribution in [0.15, 0.2) is 60.9 Å². The molecule has 3 aromatic rings. The molecule has 0 radical (unpaired) electrons. The lowest BCUT2D eigenvalue weighted by atomic mass is 10.2. The van der Waals surface area contributed by atoms with Crippen molar-refractivity contribution in [1.82, 2.24) is 20.3 Å². The fraction of sp³-hybridized carbons (Fsp3) is 0.158. The molecule has 0 saturated heterocycles. The summed E-state index contributed by atoms with van der Waals surface area (Å²) in [5, 5.41) is 2.85. The molecular weight excluding hydrogens is 316 g/mol. The molecule has 1 N–H and O–H groups in total. The largest absolute Gasteiger partial charge is 0.487 e. The molecular formula is C19H18N4O2. The predicted octanol–water partition coefficient (Wildman–Crippen LogP) is 2.69. The van der Waals surface area contributed by atoms with Crippen molar-refractivity contribution >= 4 is 5.91 Å². The van der Waals surface area contributed by atoms with Gasteiger partial charge in [0.05, 0.1) is 5.69 Å². The molecule has 1 aromatic carbocycles. The summed E-state index contributed by atoms with van der Waals surface area (Å²) in [7, 11) is 0. The van der Waals surface area contributed by atoms with Crippen molar-refractivity contribution in [2.45, 2.75) is 20.1 Å². The Bertz CT molecular complexity index is 853. The number of aryl methyl sites for hydroxylation is 1. The van der Waals surface area contributed by atoms with E-state index < -0.39 is 0 Å². The summed E-state index contributed by atoms with van der Waals surface area (Å²) >= 11 is 0. The van der Waals surface area contributed by atoms with Crippen LogP contribution in [0, 0.1) is 6.92 Å². The van der Waals surface area contributed by atoms with Crippen LogP contribution in [0.25, 0.3) is 0 Å². The standard InChI is InChI=1S/C19H18N4O2/c1-14-20-10-8-18(23-14)19(24)22-12-15-5-4-7-17(11-15)25-13-16-6-2-3-9-21-16/h2-11H,12-13H2,1H3,(H,22,24). The molecule has 0 saturated carbocycles. The molecule has 6 nitrogen and oxygen atoms in total.